The van der Waals surface area contributed by atoms with E-state index in [9.17, 15) is 0 Å². The predicted octanol–water partition coefficient (Wildman–Crippen LogP) is 3.08. The SMILES string of the molecule is c1cc(NC[C@@H]2CCCN2)cc(-c2cccnc2NC[C@@H]2CCCN2)c1. The number of hydrogen-bond acceptors (Lipinski definition) is 5. The standard InChI is InChI=1S/C21H29N5/c1-5-16(13-17(6-1)25-14-18-7-2-10-22-18)20-9-4-12-24-21(20)26-15-19-8-3-11-23-19/h1,4-6,9,12-13,18-19,22-23,25H,2-3,7-8,10-11,14-15H2,(H,24,26)/t18-,19-/m0/s1. The van der Waals surface area contributed by atoms with Crippen LogP contribution in [0.4, 0.5) is 11.5 Å². The van der Waals surface area contributed by atoms with Crippen LogP contribution in [0.25, 0.3) is 11.1 Å². The Labute approximate surface area is 156 Å². The summed E-state index contributed by atoms with van der Waals surface area (Å²) in [5, 5.41) is 14.2. The van der Waals surface area contributed by atoms with Gasteiger partial charge in [0.05, 0.1) is 0 Å². The van der Waals surface area contributed by atoms with Gasteiger partial charge >= 0.3 is 0 Å². The second-order valence-corrected chi connectivity index (χ2v) is 7.33. The molecule has 2 aliphatic heterocycles. The van der Waals surface area contributed by atoms with Crippen LogP contribution >= 0.6 is 0 Å². The fourth-order valence-electron chi connectivity index (χ4n) is 3.90. The molecule has 2 aliphatic rings. The predicted molar refractivity (Wildman–Crippen MR) is 109 cm³/mol. The van der Waals surface area contributed by atoms with Gasteiger partial charge < -0.3 is 21.3 Å². The molecule has 0 spiro atoms. The average molecular weight is 351 g/mol. The van der Waals surface area contributed by atoms with E-state index >= 15 is 0 Å². The van der Waals surface area contributed by atoms with Crippen LogP contribution in [0.15, 0.2) is 42.6 Å². The topological polar surface area (TPSA) is 61.0 Å². The van der Waals surface area contributed by atoms with Crippen LogP contribution in [0.1, 0.15) is 25.7 Å². The molecule has 0 aliphatic carbocycles. The first-order valence-electron chi connectivity index (χ1n) is 9.88. The zero-order chi connectivity index (χ0) is 17.6. The van der Waals surface area contributed by atoms with Crippen LogP contribution in [0.2, 0.25) is 0 Å². The number of benzene rings is 1. The summed E-state index contributed by atoms with van der Waals surface area (Å²) in [5.74, 6) is 0.968. The van der Waals surface area contributed by atoms with Crippen molar-refractivity contribution in [1.29, 1.82) is 0 Å². The van der Waals surface area contributed by atoms with Crippen molar-refractivity contribution in [1.82, 2.24) is 15.6 Å². The van der Waals surface area contributed by atoms with E-state index in [2.05, 4.69) is 56.6 Å². The van der Waals surface area contributed by atoms with Gasteiger partial charge in [-0.2, -0.15) is 0 Å². The molecule has 0 bridgehead atoms. The molecule has 2 aromatic rings. The van der Waals surface area contributed by atoms with E-state index in [0.717, 1.165) is 37.6 Å². The molecule has 2 saturated heterocycles. The van der Waals surface area contributed by atoms with Gasteiger partial charge in [-0.3, -0.25) is 0 Å². The number of hydrogen-bond donors (Lipinski definition) is 4. The van der Waals surface area contributed by atoms with E-state index in [1.807, 2.05) is 12.3 Å². The molecule has 138 valence electrons. The Morgan fingerprint density at radius 2 is 1.69 bits per heavy atom. The third-order valence-corrected chi connectivity index (χ3v) is 5.37. The molecular weight excluding hydrogens is 322 g/mol. The minimum atomic E-state index is 0.553. The van der Waals surface area contributed by atoms with Gasteiger partial charge in [0.2, 0.25) is 0 Å². The maximum atomic E-state index is 4.59. The van der Waals surface area contributed by atoms with E-state index in [0.29, 0.717) is 12.1 Å². The van der Waals surface area contributed by atoms with Crippen molar-refractivity contribution in [3.8, 4) is 11.1 Å². The van der Waals surface area contributed by atoms with Gasteiger partial charge in [0.25, 0.3) is 0 Å². The van der Waals surface area contributed by atoms with Gasteiger partial charge in [-0.25, -0.2) is 4.98 Å². The summed E-state index contributed by atoms with van der Waals surface area (Å²) >= 11 is 0. The van der Waals surface area contributed by atoms with E-state index in [1.54, 1.807) is 0 Å². The van der Waals surface area contributed by atoms with E-state index in [4.69, 9.17) is 0 Å². The van der Waals surface area contributed by atoms with Crippen molar-refractivity contribution in [3.63, 3.8) is 0 Å². The Hall–Kier alpha value is -2.11. The van der Waals surface area contributed by atoms with Crippen LogP contribution in [0, 0.1) is 0 Å². The molecule has 0 radical (unpaired) electrons. The zero-order valence-corrected chi connectivity index (χ0v) is 15.3. The molecule has 0 unspecified atom stereocenters. The Morgan fingerprint density at radius 3 is 2.42 bits per heavy atom. The van der Waals surface area contributed by atoms with Crippen molar-refractivity contribution < 1.29 is 0 Å². The third-order valence-electron chi connectivity index (χ3n) is 5.37. The van der Waals surface area contributed by atoms with Gasteiger partial charge in [-0.1, -0.05) is 12.1 Å². The number of pyridine rings is 1. The number of rotatable bonds is 7. The summed E-state index contributed by atoms with van der Waals surface area (Å²) in [6.45, 7) is 4.18. The Kier molecular flexibility index (Phi) is 5.67. The molecule has 3 heterocycles. The molecule has 5 nitrogen and oxygen atoms in total. The normalized spacial score (nSPS) is 22.5. The Bertz CT molecular complexity index is 705. The molecule has 1 aromatic carbocycles. The maximum Gasteiger partial charge on any atom is 0.133 e. The summed E-state index contributed by atoms with van der Waals surface area (Å²) < 4.78 is 0. The molecule has 26 heavy (non-hydrogen) atoms. The van der Waals surface area contributed by atoms with Crippen molar-refractivity contribution >= 4 is 11.5 Å². The molecule has 0 amide bonds. The molecule has 2 atom stereocenters. The van der Waals surface area contributed by atoms with Crippen LogP contribution < -0.4 is 21.3 Å². The lowest BCUT2D eigenvalue weighted by molar-refractivity contribution is 0.632. The van der Waals surface area contributed by atoms with Gasteiger partial charge in [0.1, 0.15) is 5.82 Å². The fraction of sp³-hybridized carbons (Fsp3) is 0.476. The van der Waals surface area contributed by atoms with Crippen molar-refractivity contribution in [2.24, 2.45) is 0 Å². The van der Waals surface area contributed by atoms with Gasteiger partial charge in [-0.05, 0) is 68.6 Å². The Balaban J connectivity index is 1.45. The quantitative estimate of drug-likeness (QED) is 0.618. The largest absolute Gasteiger partial charge is 0.383 e. The number of nitrogens with zero attached hydrogens (tertiary/aromatic N) is 1. The lowest BCUT2D eigenvalue weighted by Crippen LogP contribution is -2.29. The summed E-state index contributed by atoms with van der Waals surface area (Å²) in [5.41, 5.74) is 3.53. The lowest BCUT2D eigenvalue weighted by Gasteiger charge is -2.16. The molecule has 1 aromatic heterocycles. The first-order valence-corrected chi connectivity index (χ1v) is 9.88. The van der Waals surface area contributed by atoms with E-state index < -0.39 is 0 Å². The van der Waals surface area contributed by atoms with Crippen LogP contribution in [-0.4, -0.2) is 43.2 Å². The lowest BCUT2D eigenvalue weighted by atomic mass is 10.1. The number of anilines is 2. The second-order valence-electron chi connectivity index (χ2n) is 7.33. The highest BCUT2D eigenvalue weighted by atomic mass is 15.0. The van der Waals surface area contributed by atoms with E-state index in [1.165, 1.54) is 36.9 Å². The van der Waals surface area contributed by atoms with Gasteiger partial charge in [0, 0.05) is 42.6 Å². The minimum Gasteiger partial charge on any atom is -0.383 e. The highest BCUT2D eigenvalue weighted by Gasteiger charge is 2.15. The summed E-state index contributed by atoms with van der Waals surface area (Å²) in [4.78, 5) is 4.59. The molecule has 0 saturated carbocycles. The van der Waals surface area contributed by atoms with Crippen molar-refractivity contribution in [2.75, 3.05) is 36.8 Å². The molecule has 5 heteroatoms. The average Bonchev–Trinajstić information content (AvgIpc) is 3.39. The maximum absolute atomic E-state index is 4.59. The van der Waals surface area contributed by atoms with Gasteiger partial charge in [0.15, 0.2) is 0 Å². The molecule has 4 rings (SSSR count). The summed E-state index contributed by atoms with van der Waals surface area (Å²) in [6, 6.07) is 14.0. The van der Waals surface area contributed by atoms with E-state index in [-0.39, 0.29) is 0 Å². The van der Waals surface area contributed by atoms with Gasteiger partial charge in [-0.15, -0.1) is 0 Å². The highest BCUT2D eigenvalue weighted by Crippen LogP contribution is 2.28. The first-order chi connectivity index (χ1) is 12.9. The van der Waals surface area contributed by atoms with Crippen LogP contribution in [0.3, 0.4) is 0 Å². The number of aromatic nitrogens is 1. The summed E-state index contributed by atoms with van der Waals surface area (Å²) in [7, 11) is 0. The third kappa shape index (κ3) is 4.34. The second kappa shape index (κ2) is 8.52. The number of nitrogens with one attached hydrogen (secondary N) is 4. The van der Waals surface area contributed by atoms with Crippen LogP contribution in [0.5, 0.6) is 0 Å². The fourth-order valence-corrected chi connectivity index (χ4v) is 3.90. The monoisotopic (exact) mass is 351 g/mol. The van der Waals surface area contributed by atoms with Crippen molar-refractivity contribution in [2.45, 2.75) is 37.8 Å². The zero-order valence-electron chi connectivity index (χ0n) is 15.3. The molecule has 4 N–H and O–H groups in total. The van der Waals surface area contributed by atoms with Crippen molar-refractivity contribution in [3.05, 3.63) is 42.6 Å². The highest BCUT2D eigenvalue weighted by molar-refractivity contribution is 5.77. The summed E-state index contributed by atoms with van der Waals surface area (Å²) in [6.07, 6.45) is 6.92. The van der Waals surface area contributed by atoms with Crippen LogP contribution in [-0.2, 0) is 0 Å². The Morgan fingerprint density at radius 1 is 0.923 bits per heavy atom. The molecular formula is C21H29N5. The first kappa shape index (κ1) is 17.3. The minimum absolute atomic E-state index is 0.553. The smallest absolute Gasteiger partial charge is 0.133 e. The molecule has 2 fully saturated rings.